The van der Waals surface area contributed by atoms with Crippen molar-refractivity contribution in [3.63, 3.8) is 0 Å². The summed E-state index contributed by atoms with van der Waals surface area (Å²) in [6, 6.07) is 5.78. The normalized spacial score (nSPS) is 14.2. The number of aromatic amines is 1. The van der Waals surface area contributed by atoms with E-state index >= 15 is 0 Å². The Balaban J connectivity index is 1.63. The number of benzene rings is 1. The first-order valence-electron chi connectivity index (χ1n) is 9.42. The fraction of sp³-hybridized carbons (Fsp3) is 0.400. The molecule has 3 rings (SSSR count). The molecule has 1 aromatic carbocycles. The van der Waals surface area contributed by atoms with Gasteiger partial charge in [0.1, 0.15) is 5.69 Å². The van der Waals surface area contributed by atoms with Crippen LogP contribution in [0.1, 0.15) is 33.7 Å². The highest BCUT2D eigenvalue weighted by molar-refractivity contribution is 5.96. The lowest BCUT2D eigenvalue weighted by atomic mass is 10.0. The summed E-state index contributed by atoms with van der Waals surface area (Å²) in [7, 11) is 4.50. The van der Waals surface area contributed by atoms with Gasteiger partial charge in [0.05, 0.1) is 21.3 Å². The van der Waals surface area contributed by atoms with Crippen LogP contribution in [-0.4, -0.2) is 67.4 Å². The van der Waals surface area contributed by atoms with Gasteiger partial charge in [0.15, 0.2) is 11.5 Å². The Morgan fingerprint density at radius 3 is 2.20 bits per heavy atom. The summed E-state index contributed by atoms with van der Waals surface area (Å²) in [6.07, 6.45) is 1.20. The quantitative estimate of drug-likeness (QED) is 0.715. The van der Waals surface area contributed by atoms with E-state index in [0.29, 0.717) is 48.7 Å². The number of ether oxygens (including phenoxy) is 3. The number of piperidine rings is 1. The van der Waals surface area contributed by atoms with Gasteiger partial charge in [0.2, 0.25) is 5.75 Å². The van der Waals surface area contributed by atoms with Gasteiger partial charge in [-0.1, -0.05) is 0 Å². The number of H-pyrrole nitrogens is 1. The molecule has 2 heterocycles. The third kappa shape index (κ3) is 4.53. The van der Waals surface area contributed by atoms with Crippen molar-refractivity contribution in [2.75, 3.05) is 34.4 Å². The van der Waals surface area contributed by atoms with Gasteiger partial charge in [-0.05, 0) is 31.0 Å². The Morgan fingerprint density at radius 2 is 1.70 bits per heavy atom. The third-order valence-corrected chi connectivity index (χ3v) is 4.94. The van der Waals surface area contributed by atoms with Crippen molar-refractivity contribution >= 4 is 11.8 Å². The third-order valence-electron chi connectivity index (χ3n) is 4.94. The molecule has 0 radical (unpaired) electrons. The number of carbonyl (C=O) groups excluding carboxylic acids is 2. The van der Waals surface area contributed by atoms with Crippen LogP contribution >= 0.6 is 0 Å². The molecule has 0 saturated carbocycles. The predicted octanol–water partition coefficient (Wildman–Crippen LogP) is 0.830. The van der Waals surface area contributed by atoms with Gasteiger partial charge in [0, 0.05) is 30.8 Å². The van der Waals surface area contributed by atoms with Crippen molar-refractivity contribution in [1.82, 2.24) is 20.4 Å². The molecular weight excluding hydrogens is 392 g/mol. The van der Waals surface area contributed by atoms with Gasteiger partial charge in [-0.15, -0.1) is 0 Å². The topological polar surface area (TPSA) is 123 Å². The van der Waals surface area contributed by atoms with E-state index in [1.54, 1.807) is 17.0 Å². The van der Waals surface area contributed by atoms with Crippen LogP contribution < -0.4 is 25.1 Å². The second-order valence-corrected chi connectivity index (χ2v) is 6.76. The fourth-order valence-corrected chi connectivity index (χ4v) is 3.34. The second-order valence-electron chi connectivity index (χ2n) is 6.76. The zero-order valence-corrected chi connectivity index (χ0v) is 17.1. The van der Waals surface area contributed by atoms with Crippen LogP contribution in [0.3, 0.4) is 0 Å². The maximum Gasteiger partial charge on any atom is 0.271 e. The van der Waals surface area contributed by atoms with Crippen molar-refractivity contribution in [3.05, 3.63) is 45.9 Å². The highest BCUT2D eigenvalue weighted by Crippen LogP contribution is 2.38. The molecule has 2 aromatic rings. The molecule has 1 aliphatic rings. The summed E-state index contributed by atoms with van der Waals surface area (Å²) < 4.78 is 15.9. The van der Waals surface area contributed by atoms with E-state index in [2.05, 4.69) is 15.5 Å². The molecule has 2 N–H and O–H groups in total. The number of methoxy groups -OCH3 is 3. The van der Waals surface area contributed by atoms with Gasteiger partial charge in [-0.3, -0.25) is 14.4 Å². The van der Waals surface area contributed by atoms with Gasteiger partial charge in [0.25, 0.3) is 17.4 Å². The predicted molar refractivity (Wildman–Crippen MR) is 107 cm³/mol. The molecule has 2 amide bonds. The standard InChI is InChI=1S/C20H24N4O6/c1-28-15-10-12(11-16(29-2)18(15)30-3)20(27)24-8-6-13(7-9-24)21-19(26)14-4-5-17(25)23-22-14/h4-5,10-11,13H,6-9H2,1-3H3,(H,21,26)(H,23,25). The molecule has 1 aromatic heterocycles. The fourth-order valence-electron chi connectivity index (χ4n) is 3.34. The number of hydrogen-bond acceptors (Lipinski definition) is 7. The van der Waals surface area contributed by atoms with Gasteiger partial charge in [-0.2, -0.15) is 5.10 Å². The molecule has 0 aliphatic carbocycles. The number of aromatic nitrogens is 2. The molecule has 10 nitrogen and oxygen atoms in total. The molecule has 30 heavy (non-hydrogen) atoms. The Hall–Kier alpha value is -3.56. The number of amides is 2. The Kier molecular flexibility index (Phi) is 6.55. The van der Waals surface area contributed by atoms with Crippen LogP contribution in [0.5, 0.6) is 17.2 Å². The summed E-state index contributed by atoms with van der Waals surface area (Å²) in [6.45, 7) is 0.971. The summed E-state index contributed by atoms with van der Waals surface area (Å²) >= 11 is 0. The van der Waals surface area contributed by atoms with Gasteiger partial charge in [-0.25, -0.2) is 5.10 Å². The monoisotopic (exact) mass is 416 g/mol. The number of carbonyl (C=O) groups is 2. The van der Waals surface area contributed by atoms with Crippen molar-refractivity contribution in [2.24, 2.45) is 0 Å². The zero-order valence-electron chi connectivity index (χ0n) is 17.1. The lowest BCUT2D eigenvalue weighted by molar-refractivity contribution is 0.0696. The number of nitrogens with one attached hydrogen (secondary N) is 2. The van der Waals surface area contributed by atoms with Crippen molar-refractivity contribution < 1.29 is 23.8 Å². The highest BCUT2D eigenvalue weighted by atomic mass is 16.5. The summed E-state index contributed by atoms with van der Waals surface area (Å²) in [4.78, 5) is 38.0. The molecule has 0 spiro atoms. The molecule has 10 heteroatoms. The van der Waals surface area contributed by atoms with Crippen molar-refractivity contribution in [1.29, 1.82) is 0 Å². The smallest absolute Gasteiger partial charge is 0.271 e. The first kappa shape index (κ1) is 21.2. The average Bonchev–Trinajstić information content (AvgIpc) is 2.78. The first-order chi connectivity index (χ1) is 14.5. The minimum absolute atomic E-state index is 0.0878. The van der Waals surface area contributed by atoms with Crippen molar-refractivity contribution in [3.8, 4) is 17.2 Å². The SMILES string of the molecule is COc1cc(C(=O)N2CCC(NC(=O)c3ccc(=O)[nH]n3)CC2)cc(OC)c1OC. The lowest BCUT2D eigenvalue weighted by Gasteiger charge is -2.32. The average molecular weight is 416 g/mol. The Labute approximate surface area is 173 Å². The summed E-state index contributed by atoms with van der Waals surface area (Å²) in [5.74, 6) is 0.738. The zero-order chi connectivity index (χ0) is 21.7. The molecule has 0 bridgehead atoms. The lowest BCUT2D eigenvalue weighted by Crippen LogP contribution is -2.46. The minimum atomic E-state index is -0.370. The van der Waals surface area contributed by atoms with E-state index in [0.717, 1.165) is 0 Å². The Morgan fingerprint density at radius 1 is 1.07 bits per heavy atom. The van der Waals surface area contributed by atoms with Gasteiger partial charge >= 0.3 is 0 Å². The number of nitrogens with zero attached hydrogens (tertiary/aromatic N) is 2. The molecule has 1 aliphatic heterocycles. The van der Waals surface area contributed by atoms with Gasteiger partial charge < -0.3 is 24.4 Å². The van der Waals surface area contributed by atoms with Crippen LogP contribution in [0.4, 0.5) is 0 Å². The van der Waals surface area contributed by atoms with E-state index in [1.165, 1.54) is 33.5 Å². The maximum atomic E-state index is 13.0. The van der Waals surface area contributed by atoms with E-state index < -0.39 is 0 Å². The molecule has 0 atom stereocenters. The van der Waals surface area contributed by atoms with Crippen LogP contribution in [0.25, 0.3) is 0 Å². The van der Waals surface area contributed by atoms with E-state index in [-0.39, 0.29) is 29.1 Å². The van der Waals surface area contributed by atoms with Crippen LogP contribution in [0.2, 0.25) is 0 Å². The number of hydrogen-bond donors (Lipinski definition) is 2. The summed E-state index contributed by atoms with van der Waals surface area (Å²) in [5, 5.41) is 8.85. The molecule has 1 fully saturated rings. The summed E-state index contributed by atoms with van der Waals surface area (Å²) in [5.41, 5.74) is 0.208. The molecule has 1 saturated heterocycles. The second kappa shape index (κ2) is 9.29. The van der Waals surface area contributed by atoms with E-state index in [9.17, 15) is 14.4 Å². The molecule has 160 valence electrons. The first-order valence-corrected chi connectivity index (χ1v) is 9.42. The number of rotatable bonds is 6. The maximum absolute atomic E-state index is 13.0. The molecular formula is C20H24N4O6. The van der Waals surface area contributed by atoms with Crippen LogP contribution in [-0.2, 0) is 0 Å². The van der Waals surface area contributed by atoms with Crippen LogP contribution in [0, 0.1) is 0 Å². The van der Waals surface area contributed by atoms with Crippen LogP contribution in [0.15, 0.2) is 29.1 Å². The largest absolute Gasteiger partial charge is 0.493 e. The van der Waals surface area contributed by atoms with E-state index in [4.69, 9.17) is 14.2 Å². The van der Waals surface area contributed by atoms with Crippen molar-refractivity contribution in [2.45, 2.75) is 18.9 Å². The number of likely N-dealkylation sites (tertiary alicyclic amines) is 1. The minimum Gasteiger partial charge on any atom is -0.493 e. The Bertz CT molecular complexity index is 936. The van der Waals surface area contributed by atoms with E-state index in [1.807, 2.05) is 0 Å². The molecule has 0 unspecified atom stereocenters. The highest BCUT2D eigenvalue weighted by Gasteiger charge is 2.27.